The summed E-state index contributed by atoms with van der Waals surface area (Å²) in [4.78, 5) is 1.04. The first kappa shape index (κ1) is 16.3. The number of thioether (sulfide) groups is 1. The molecule has 0 radical (unpaired) electrons. The molecule has 1 aromatic rings. The van der Waals surface area contributed by atoms with E-state index in [1.807, 2.05) is 13.1 Å². The molecule has 1 aromatic heterocycles. The quantitative estimate of drug-likeness (QED) is 0.804. The lowest BCUT2D eigenvalue weighted by molar-refractivity contribution is 0.552. The van der Waals surface area contributed by atoms with E-state index in [9.17, 15) is 8.42 Å². The fourth-order valence-electron chi connectivity index (χ4n) is 2.54. The van der Waals surface area contributed by atoms with Gasteiger partial charge in [0.15, 0.2) is 0 Å². The highest BCUT2D eigenvalue weighted by molar-refractivity contribution is 8.00. The van der Waals surface area contributed by atoms with Gasteiger partial charge in [0, 0.05) is 22.7 Å². The van der Waals surface area contributed by atoms with Crippen LogP contribution < -0.4 is 10.0 Å². The van der Waals surface area contributed by atoms with Crippen molar-refractivity contribution in [2.24, 2.45) is 0 Å². The molecule has 0 unspecified atom stereocenters. The summed E-state index contributed by atoms with van der Waals surface area (Å²) in [6, 6.07) is 3.57. The molecule has 0 saturated heterocycles. The highest BCUT2D eigenvalue weighted by atomic mass is 32.2. The first-order valence-corrected chi connectivity index (χ1v) is 10.3. The van der Waals surface area contributed by atoms with Crippen molar-refractivity contribution in [1.29, 1.82) is 0 Å². The van der Waals surface area contributed by atoms with Gasteiger partial charge in [-0.1, -0.05) is 12.8 Å². The number of thiophene rings is 1. The Morgan fingerprint density at radius 2 is 2.05 bits per heavy atom. The molecule has 20 heavy (non-hydrogen) atoms. The maximum atomic E-state index is 12.3. The Balaban J connectivity index is 2.03. The van der Waals surface area contributed by atoms with Crippen LogP contribution >= 0.6 is 23.1 Å². The Hall–Kier alpha value is -0.0800. The Labute approximate surface area is 129 Å². The summed E-state index contributed by atoms with van der Waals surface area (Å²) in [5.74, 6) is 0. The smallest absolute Gasteiger partial charge is 0.250 e. The van der Waals surface area contributed by atoms with Gasteiger partial charge >= 0.3 is 0 Å². The van der Waals surface area contributed by atoms with Crippen molar-refractivity contribution in [1.82, 2.24) is 10.0 Å². The summed E-state index contributed by atoms with van der Waals surface area (Å²) in [6.07, 6.45) is 6.69. The van der Waals surface area contributed by atoms with Gasteiger partial charge in [-0.05, 0) is 38.3 Å². The van der Waals surface area contributed by atoms with Crippen molar-refractivity contribution in [3.05, 3.63) is 17.0 Å². The fourth-order valence-corrected chi connectivity index (χ4v) is 6.09. The maximum absolute atomic E-state index is 12.3. The second-order valence-electron chi connectivity index (χ2n) is 5.17. The molecule has 2 rings (SSSR count). The van der Waals surface area contributed by atoms with Crippen molar-refractivity contribution in [2.45, 2.75) is 41.2 Å². The second kappa shape index (κ2) is 6.79. The SMILES string of the molecule is CNCc1ccc(S(=O)(=O)NCC2(SC)CCCC2)s1. The van der Waals surface area contributed by atoms with E-state index in [0.717, 1.165) is 17.7 Å². The number of rotatable bonds is 7. The van der Waals surface area contributed by atoms with Gasteiger partial charge < -0.3 is 5.32 Å². The van der Waals surface area contributed by atoms with E-state index in [-0.39, 0.29) is 4.75 Å². The molecule has 1 fully saturated rings. The third kappa shape index (κ3) is 3.76. The van der Waals surface area contributed by atoms with Crippen molar-refractivity contribution in [2.75, 3.05) is 19.8 Å². The van der Waals surface area contributed by atoms with Crippen molar-refractivity contribution >= 4 is 33.1 Å². The molecule has 0 aromatic carbocycles. The lowest BCUT2D eigenvalue weighted by Gasteiger charge is -2.26. The van der Waals surface area contributed by atoms with Gasteiger partial charge in [-0.3, -0.25) is 0 Å². The number of nitrogens with one attached hydrogen (secondary N) is 2. The molecule has 1 heterocycles. The van der Waals surface area contributed by atoms with Crippen LogP contribution in [0, 0.1) is 0 Å². The number of hydrogen-bond donors (Lipinski definition) is 2. The predicted molar refractivity (Wildman–Crippen MR) is 87.0 cm³/mol. The highest BCUT2D eigenvalue weighted by Crippen LogP contribution is 2.39. The van der Waals surface area contributed by atoms with Gasteiger partial charge in [-0.15, -0.1) is 11.3 Å². The minimum Gasteiger partial charge on any atom is -0.315 e. The summed E-state index contributed by atoms with van der Waals surface area (Å²) in [7, 11) is -1.51. The van der Waals surface area contributed by atoms with Gasteiger partial charge in [0.25, 0.3) is 0 Å². The van der Waals surface area contributed by atoms with Crippen molar-refractivity contribution < 1.29 is 8.42 Å². The van der Waals surface area contributed by atoms with E-state index in [2.05, 4.69) is 16.3 Å². The molecule has 0 amide bonds. The van der Waals surface area contributed by atoms with Crippen LogP contribution in [-0.4, -0.2) is 33.0 Å². The van der Waals surface area contributed by atoms with Crippen molar-refractivity contribution in [3.8, 4) is 0 Å². The number of sulfonamides is 1. The molecule has 0 aliphatic heterocycles. The zero-order chi connectivity index (χ0) is 14.6. The highest BCUT2D eigenvalue weighted by Gasteiger charge is 2.34. The molecular weight excluding hydrogens is 312 g/mol. The monoisotopic (exact) mass is 334 g/mol. The van der Waals surface area contributed by atoms with Gasteiger partial charge in [-0.2, -0.15) is 11.8 Å². The lowest BCUT2D eigenvalue weighted by Crippen LogP contribution is -2.38. The topological polar surface area (TPSA) is 58.2 Å². The van der Waals surface area contributed by atoms with Crippen LogP contribution in [0.4, 0.5) is 0 Å². The maximum Gasteiger partial charge on any atom is 0.250 e. The summed E-state index contributed by atoms with van der Waals surface area (Å²) >= 11 is 3.13. The van der Waals surface area contributed by atoms with Crippen LogP contribution in [0.5, 0.6) is 0 Å². The van der Waals surface area contributed by atoms with E-state index >= 15 is 0 Å². The van der Waals surface area contributed by atoms with Crippen LogP contribution in [0.1, 0.15) is 30.6 Å². The van der Waals surface area contributed by atoms with E-state index < -0.39 is 10.0 Å². The summed E-state index contributed by atoms with van der Waals surface area (Å²) in [5, 5.41) is 3.03. The van der Waals surface area contributed by atoms with Gasteiger partial charge in [-0.25, -0.2) is 13.1 Å². The first-order chi connectivity index (χ1) is 9.51. The molecule has 1 aliphatic carbocycles. The summed E-state index contributed by atoms with van der Waals surface area (Å²) in [5.41, 5.74) is 0. The molecule has 7 heteroatoms. The predicted octanol–water partition coefficient (Wildman–Crippen LogP) is 2.42. The van der Waals surface area contributed by atoms with Crippen molar-refractivity contribution in [3.63, 3.8) is 0 Å². The van der Waals surface area contributed by atoms with Gasteiger partial charge in [0.2, 0.25) is 10.0 Å². The minimum absolute atomic E-state index is 0.0954. The Morgan fingerprint density at radius 1 is 1.35 bits per heavy atom. The second-order valence-corrected chi connectivity index (χ2v) is 9.61. The summed E-state index contributed by atoms with van der Waals surface area (Å²) < 4.78 is 28.0. The third-order valence-electron chi connectivity index (χ3n) is 3.79. The Morgan fingerprint density at radius 3 is 2.65 bits per heavy atom. The molecule has 114 valence electrons. The molecular formula is C13H22N2O2S3. The van der Waals surface area contributed by atoms with Crippen LogP contribution in [-0.2, 0) is 16.6 Å². The molecule has 1 aliphatic rings. The zero-order valence-corrected chi connectivity index (χ0v) is 14.4. The fraction of sp³-hybridized carbons (Fsp3) is 0.692. The summed E-state index contributed by atoms with van der Waals surface area (Å²) in [6.45, 7) is 1.24. The molecule has 1 saturated carbocycles. The zero-order valence-electron chi connectivity index (χ0n) is 11.9. The normalized spacial score (nSPS) is 18.5. The van der Waals surface area contributed by atoms with Crippen LogP contribution in [0.2, 0.25) is 0 Å². The standard InChI is InChI=1S/C13H22N2O2S3/c1-14-9-11-5-6-12(19-11)20(16,17)15-10-13(18-2)7-3-4-8-13/h5-6,14-15H,3-4,7-10H2,1-2H3. The molecule has 0 spiro atoms. The first-order valence-electron chi connectivity index (χ1n) is 6.79. The van der Waals surface area contributed by atoms with E-state index in [4.69, 9.17) is 0 Å². The lowest BCUT2D eigenvalue weighted by atomic mass is 10.1. The Kier molecular flexibility index (Phi) is 5.53. The molecule has 0 bridgehead atoms. The Bertz CT molecular complexity index is 534. The molecule has 2 N–H and O–H groups in total. The van der Waals surface area contributed by atoms with Gasteiger partial charge in [0.05, 0.1) is 0 Å². The van der Waals surface area contributed by atoms with Crippen LogP contribution in [0.25, 0.3) is 0 Å². The van der Waals surface area contributed by atoms with E-state index in [1.165, 1.54) is 24.2 Å². The average Bonchev–Trinajstić information content (AvgIpc) is 3.07. The van der Waals surface area contributed by atoms with Crippen LogP contribution in [0.15, 0.2) is 16.3 Å². The minimum atomic E-state index is -3.37. The largest absolute Gasteiger partial charge is 0.315 e. The van der Waals surface area contributed by atoms with Gasteiger partial charge in [0.1, 0.15) is 4.21 Å². The molecule has 0 atom stereocenters. The molecule has 4 nitrogen and oxygen atoms in total. The average molecular weight is 335 g/mol. The van der Waals surface area contributed by atoms with E-state index in [1.54, 1.807) is 17.8 Å². The third-order valence-corrected chi connectivity index (χ3v) is 8.18. The van der Waals surface area contributed by atoms with Crippen LogP contribution in [0.3, 0.4) is 0 Å². The van der Waals surface area contributed by atoms with E-state index in [0.29, 0.717) is 17.3 Å². The number of hydrogen-bond acceptors (Lipinski definition) is 5.